The van der Waals surface area contributed by atoms with E-state index in [1.54, 1.807) is 4.90 Å². The van der Waals surface area contributed by atoms with Crippen molar-refractivity contribution in [1.29, 1.82) is 0 Å². The number of hydrogen-bond acceptors (Lipinski definition) is 5. The molecule has 0 aromatic carbocycles. The van der Waals surface area contributed by atoms with Gasteiger partial charge >= 0.3 is 18.9 Å². The summed E-state index contributed by atoms with van der Waals surface area (Å²) in [7, 11) is -3.96. The maximum Gasteiger partial charge on any atom is 1.00 e. The molecule has 82 valence electrons. The van der Waals surface area contributed by atoms with Gasteiger partial charge in [-0.3, -0.25) is 9.45 Å². The standard InChI is InChI=1S/C6H15NO5S.Li.H/c8-4-1-7(2-5-9)3-6-13(10,11)12;;/h8-9H,1-6H2,(H,10,11,12);;/q;+1;-1. The smallest absolute Gasteiger partial charge is 1.00 e. The van der Waals surface area contributed by atoms with Crippen LogP contribution in [-0.2, 0) is 10.1 Å². The van der Waals surface area contributed by atoms with Crippen molar-refractivity contribution in [2.45, 2.75) is 0 Å². The van der Waals surface area contributed by atoms with Gasteiger partial charge in [-0.25, -0.2) is 0 Å². The van der Waals surface area contributed by atoms with E-state index in [9.17, 15) is 8.42 Å². The van der Waals surface area contributed by atoms with Crippen LogP contribution in [0, 0.1) is 0 Å². The van der Waals surface area contributed by atoms with Gasteiger partial charge in [0.15, 0.2) is 0 Å². The summed E-state index contributed by atoms with van der Waals surface area (Å²) in [5.41, 5.74) is 0. The minimum atomic E-state index is -3.96. The number of aliphatic hydroxyl groups is 2. The summed E-state index contributed by atoms with van der Waals surface area (Å²) < 4.78 is 29.1. The molecule has 0 heterocycles. The first-order valence-electron chi connectivity index (χ1n) is 3.89. The van der Waals surface area contributed by atoms with Gasteiger partial charge in [-0.2, -0.15) is 8.42 Å². The second kappa shape index (κ2) is 8.68. The molecule has 0 saturated heterocycles. The monoisotopic (exact) mass is 221 g/mol. The molecule has 0 saturated carbocycles. The molecule has 0 rings (SSSR count). The SMILES string of the molecule is O=S(=O)(O)CCN(CCO)CCO.[H-].[Li+]. The van der Waals surface area contributed by atoms with Crippen molar-refractivity contribution in [3.8, 4) is 0 Å². The molecule has 6 nitrogen and oxygen atoms in total. The zero-order valence-electron chi connectivity index (χ0n) is 9.26. The Morgan fingerprint density at radius 1 is 1.07 bits per heavy atom. The van der Waals surface area contributed by atoms with Gasteiger partial charge in [-0.1, -0.05) is 0 Å². The Bertz CT molecular complexity index is 220. The van der Waals surface area contributed by atoms with Gasteiger partial charge < -0.3 is 11.6 Å². The first-order valence-corrected chi connectivity index (χ1v) is 5.49. The average molecular weight is 221 g/mol. The van der Waals surface area contributed by atoms with Gasteiger partial charge in [-0.15, -0.1) is 0 Å². The van der Waals surface area contributed by atoms with Crippen molar-refractivity contribution in [3.05, 3.63) is 0 Å². The minimum absolute atomic E-state index is 0. The Labute approximate surface area is 97.3 Å². The first kappa shape index (κ1) is 16.8. The molecule has 0 fully saturated rings. The molecule has 0 aliphatic carbocycles. The molecule has 0 atom stereocenters. The molecular formula is C6H16LiNO5S. The van der Waals surface area contributed by atoms with E-state index in [0.29, 0.717) is 0 Å². The topological polar surface area (TPSA) is 98.1 Å². The van der Waals surface area contributed by atoms with Crippen LogP contribution in [0.15, 0.2) is 0 Å². The van der Waals surface area contributed by atoms with Crippen LogP contribution < -0.4 is 18.9 Å². The Balaban J connectivity index is -0.000000720. The summed E-state index contributed by atoms with van der Waals surface area (Å²) in [6, 6.07) is 0. The van der Waals surface area contributed by atoms with Crippen LogP contribution in [0.3, 0.4) is 0 Å². The summed E-state index contributed by atoms with van der Waals surface area (Å²) in [6.45, 7) is 0.475. The van der Waals surface area contributed by atoms with E-state index in [4.69, 9.17) is 14.8 Å². The van der Waals surface area contributed by atoms with Gasteiger partial charge in [0.2, 0.25) is 0 Å². The van der Waals surface area contributed by atoms with Gasteiger partial charge in [0.25, 0.3) is 10.1 Å². The molecule has 0 amide bonds. The molecular weight excluding hydrogens is 205 g/mol. The molecule has 0 aliphatic rings. The zero-order chi connectivity index (χ0) is 10.3. The van der Waals surface area contributed by atoms with Gasteiger partial charge in [0.1, 0.15) is 0 Å². The van der Waals surface area contributed by atoms with E-state index in [1.165, 1.54) is 0 Å². The minimum Gasteiger partial charge on any atom is -1.00 e. The van der Waals surface area contributed by atoms with E-state index in [1.807, 2.05) is 0 Å². The summed E-state index contributed by atoms with van der Waals surface area (Å²) in [5, 5.41) is 17.1. The summed E-state index contributed by atoms with van der Waals surface area (Å²) in [4.78, 5) is 1.55. The van der Waals surface area contributed by atoms with Crippen molar-refractivity contribution in [3.63, 3.8) is 0 Å². The van der Waals surface area contributed by atoms with Crippen molar-refractivity contribution >= 4 is 10.1 Å². The van der Waals surface area contributed by atoms with E-state index < -0.39 is 10.1 Å². The molecule has 0 radical (unpaired) electrons. The van der Waals surface area contributed by atoms with Crippen LogP contribution in [0.2, 0.25) is 0 Å². The Morgan fingerprint density at radius 2 is 1.50 bits per heavy atom. The van der Waals surface area contributed by atoms with Crippen molar-refractivity contribution in [2.24, 2.45) is 0 Å². The second-order valence-corrected chi connectivity index (χ2v) is 4.15. The largest absolute Gasteiger partial charge is 1.00 e. The third kappa shape index (κ3) is 10.5. The Morgan fingerprint density at radius 3 is 1.79 bits per heavy atom. The molecule has 0 aromatic rings. The van der Waals surface area contributed by atoms with Crippen LogP contribution in [-0.4, -0.2) is 66.7 Å². The van der Waals surface area contributed by atoms with Crippen LogP contribution in [0.5, 0.6) is 0 Å². The third-order valence-corrected chi connectivity index (χ3v) is 2.20. The number of hydrogen-bond donors (Lipinski definition) is 3. The molecule has 0 aromatic heterocycles. The number of aliphatic hydroxyl groups excluding tert-OH is 2. The summed E-state index contributed by atoms with van der Waals surface area (Å²) >= 11 is 0. The maximum atomic E-state index is 10.3. The molecule has 0 spiro atoms. The van der Waals surface area contributed by atoms with Crippen LogP contribution in [0.25, 0.3) is 0 Å². The Hall–Kier alpha value is 0.387. The van der Waals surface area contributed by atoms with Crippen molar-refractivity contribution in [1.82, 2.24) is 4.90 Å². The second-order valence-electron chi connectivity index (χ2n) is 2.57. The molecule has 3 N–H and O–H groups in total. The fraction of sp³-hybridized carbons (Fsp3) is 1.00. The van der Waals surface area contributed by atoms with Gasteiger partial charge in [-0.05, 0) is 0 Å². The van der Waals surface area contributed by atoms with E-state index >= 15 is 0 Å². The molecule has 0 unspecified atom stereocenters. The summed E-state index contributed by atoms with van der Waals surface area (Å²) in [6.07, 6.45) is 0. The van der Waals surface area contributed by atoms with Crippen LogP contribution in [0.4, 0.5) is 0 Å². The fourth-order valence-corrected chi connectivity index (χ4v) is 1.35. The average Bonchev–Trinajstić information content (AvgIpc) is 2.00. The maximum absolute atomic E-state index is 10.3. The van der Waals surface area contributed by atoms with Gasteiger partial charge in [0.05, 0.1) is 19.0 Å². The van der Waals surface area contributed by atoms with E-state index in [2.05, 4.69) is 0 Å². The molecule has 0 bridgehead atoms. The summed E-state index contributed by atoms with van der Waals surface area (Å²) in [5.74, 6) is -0.382. The predicted molar refractivity (Wildman–Crippen MR) is 48.1 cm³/mol. The molecule has 0 aliphatic heterocycles. The fourth-order valence-electron chi connectivity index (χ4n) is 0.863. The first-order chi connectivity index (χ1) is 5.99. The van der Waals surface area contributed by atoms with E-state index in [0.717, 1.165) is 0 Å². The van der Waals surface area contributed by atoms with Crippen LogP contribution in [0.1, 0.15) is 1.43 Å². The Kier molecular flexibility index (Phi) is 10.4. The number of nitrogens with zero attached hydrogens (tertiary/aromatic N) is 1. The predicted octanol–water partition coefficient (Wildman–Crippen LogP) is -4.72. The van der Waals surface area contributed by atoms with Gasteiger partial charge in [0, 0.05) is 19.6 Å². The molecule has 8 heteroatoms. The zero-order valence-corrected chi connectivity index (χ0v) is 9.07. The normalized spacial score (nSPS) is 11.4. The van der Waals surface area contributed by atoms with E-state index in [-0.39, 0.29) is 58.9 Å². The van der Waals surface area contributed by atoms with Crippen LogP contribution >= 0.6 is 0 Å². The quantitative estimate of drug-likeness (QED) is 0.295. The molecule has 14 heavy (non-hydrogen) atoms. The number of rotatable bonds is 7. The third-order valence-electron chi connectivity index (χ3n) is 1.50. The van der Waals surface area contributed by atoms with Crippen molar-refractivity contribution in [2.75, 3.05) is 38.6 Å². The van der Waals surface area contributed by atoms with Crippen molar-refractivity contribution < 1.29 is 43.5 Å².